The number of hydrogen-bond acceptors (Lipinski definition) is 3. The van der Waals surface area contributed by atoms with E-state index in [1.54, 1.807) is 12.1 Å². The van der Waals surface area contributed by atoms with Gasteiger partial charge >= 0.3 is 0 Å². The average Bonchev–Trinajstić information content (AvgIpc) is 2.50. The monoisotopic (exact) mass is 303 g/mol. The van der Waals surface area contributed by atoms with Crippen molar-refractivity contribution in [1.82, 2.24) is 4.98 Å². The molecule has 4 nitrogen and oxygen atoms in total. The number of nitrogens with two attached hydrogens (primary N) is 1. The van der Waals surface area contributed by atoms with E-state index in [4.69, 9.17) is 17.3 Å². The summed E-state index contributed by atoms with van der Waals surface area (Å²) in [5, 5.41) is 2.35. The quantitative estimate of drug-likeness (QED) is 0.837. The SMILES string of the molecule is NCC#Cc1ccc(C(=O)Nc2cccc(Cl)c2F)nc1. The predicted octanol–water partition coefficient (Wildman–Crippen LogP) is 2.44. The fourth-order valence-electron chi connectivity index (χ4n) is 1.54. The Morgan fingerprint density at radius 1 is 1.38 bits per heavy atom. The Labute approximate surface area is 126 Å². The van der Waals surface area contributed by atoms with Crippen LogP contribution in [0.15, 0.2) is 36.5 Å². The number of halogens is 2. The van der Waals surface area contributed by atoms with E-state index in [-0.39, 0.29) is 22.9 Å². The zero-order valence-corrected chi connectivity index (χ0v) is 11.6. The molecule has 1 aromatic carbocycles. The highest BCUT2D eigenvalue weighted by atomic mass is 35.5. The summed E-state index contributed by atoms with van der Waals surface area (Å²) in [7, 11) is 0. The number of anilines is 1. The third-order valence-electron chi connectivity index (χ3n) is 2.53. The van der Waals surface area contributed by atoms with E-state index >= 15 is 0 Å². The fourth-order valence-corrected chi connectivity index (χ4v) is 1.72. The van der Waals surface area contributed by atoms with E-state index in [1.165, 1.54) is 24.4 Å². The predicted molar refractivity (Wildman–Crippen MR) is 79.5 cm³/mol. The molecule has 2 rings (SSSR count). The fraction of sp³-hybridized carbons (Fsp3) is 0.0667. The van der Waals surface area contributed by atoms with Crippen LogP contribution in [0.4, 0.5) is 10.1 Å². The maximum absolute atomic E-state index is 13.7. The third-order valence-corrected chi connectivity index (χ3v) is 2.82. The molecule has 0 aliphatic heterocycles. The van der Waals surface area contributed by atoms with Crippen molar-refractivity contribution in [3.05, 3.63) is 58.6 Å². The number of amides is 1. The van der Waals surface area contributed by atoms with E-state index in [1.807, 2.05) is 0 Å². The van der Waals surface area contributed by atoms with Gasteiger partial charge in [0.2, 0.25) is 0 Å². The Bertz CT molecular complexity index is 720. The van der Waals surface area contributed by atoms with E-state index in [2.05, 4.69) is 22.1 Å². The van der Waals surface area contributed by atoms with Crippen LogP contribution in [-0.2, 0) is 0 Å². The lowest BCUT2D eigenvalue weighted by atomic mass is 10.2. The number of carbonyl (C=O) groups excluding carboxylic acids is 1. The van der Waals surface area contributed by atoms with Crippen LogP contribution in [0, 0.1) is 17.7 Å². The summed E-state index contributed by atoms with van der Waals surface area (Å²) in [5.41, 5.74) is 6.05. The molecule has 6 heteroatoms. The minimum absolute atomic E-state index is 0.00120. The van der Waals surface area contributed by atoms with Crippen molar-refractivity contribution >= 4 is 23.2 Å². The molecule has 0 saturated carbocycles. The molecule has 0 atom stereocenters. The maximum Gasteiger partial charge on any atom is 0.274 e. The Hall–Kier alpha value is -2.42. The van der Waals surface area contributed by atoms with Gasteiger partial charge in [0.25, 0.3) is 5.91 Å². The van der Waals surface area contributed by atoms with Crippen LogP contribution in [0.2, 0.25) is 5.02 Å². The van der Waals surface area contributed by atoms with Gasteiger partial charge in [-0.1, -0.05) is 29.5 Å². The zero-order chi connectivity index (χ0) is 15.2. The molecule has 0 fully saturated rings. The molecule has 0 spiro atoms. The molecule has 1 heterocycles. The summed E-state index contributed by atoms with van der Waals surface area (Å²) in [5.74, 6) is 4.25. The lowest BCUT2D eigenvalue weighted by Gasteiger charge is -2.06. The molecule has 0 unspecified atom stereocenters. The molecule has 1 aromatic heterocycles. The normalized spacial score (nSPS) is 9.67. The van der Waals surface area contributed by atoms with E-state index < -0.39 is 11.7 Å². The molecular weight excluding hydrogens is 293 g/mol. The van der Waals surface area contributed by atoms with Gasteiger partial charge in [-0.3, -0.25) is 4.79 Å². The van der Waals surface area contributed by atoms with Crippen molar-refractivity contribution in [2.45, 2.75) is 0 Å². The molecule has 3 N–H and O–H groups in total. The number of carbonyl (C=O) groups is 1. The molecule has 2 aromatic rings. The van der Waals surface area contributed by atoms with Gasteiger partial charge in [-0.25, -0.2) is 9.37 Å². The highest BCUT2D eigenvalue weighted by molar-refractivity contribution is 6.31. The van der Waals surface area contributed by atoms with Crippen molar-refractivity contribution in [3.8, 4) is 11.8 Å². The van der Waals surface area contributed by atoms with Gasteiger partial charge in [0, 0.05) is 11.8 Å². The first-order chi connectivity index (χ1) is 10.1. The van der Waals surface area contributed by atoms with E-state index in [0.717, 1.165) is 0 Å². The summed E-state index contributed by atoms with van der Waals surface area (Å²) in [6, 6.07) is 7.49. The van der Waals surface area contributed by atoms with Crippen LogP contribution in [-0.4, -0.2) is 17.4 Å². The van der Waals surface area contributed by atoms with Crippen LogP contribution < -0.4 is 11.1 Å². The summed E-state index contributed by atoms with van der Waals surface area (Å²) < 4.78 is 13.7. The van der Waals surface area contributed by atoms with Gasteiger partial charge in [0.1, 0.15) is 5.69 Å². The van der Waals surface area contributed by atoms with E-state index in [9.17, 15) is 9.18 Å². The highest BCUT2D eigenvalue weighted by Crippen LogP contribution is 2.22. The number of nitrogens with one attached hydrogen (secondary N) is 1. The molecule has 0 aliphatic carbocycles. The minimum Gasteiger partial charge on any atom is -0.320 e. The number of aromatic nitrogens is 1. The van der Waals surface area contributed by atoms with Crippen LogP contribution in [0.3, 0.4) is 0 Å². The van der Waals surface area contributed by atoms with E-state index in [0.29, 0.717) is 5.56 Å². The van der Waals surface area contributed by atoms with Crippen LogP contribution in [0.5, 0.6) is 0 Å². The second-order valence-corrected chi connectivity index (χ2v) is 4.40. The standard InChI is InChI=1S/C15H11ClFN3O/c16-11-4-1-5-12(14(11)17)20-15(21)13-7-6-10(9-19-13)3-2-8-18/h1,4-7,9H,8,18H2,(H,20,21). The molecule has 0 aliphatic rings. The van der Waals surface area contributed by atoms with Gasteiger partial charge in [-0.2, -0.15) is 0 Å². The van der Waals surface area contributed by atoms with Gasteiger partial charge in [-0.15, -0.1) is 0 Å². The Morgan fingerprint density at radius 2 is 2.19 bits per heavy atom. The average molecular weight is 304 g/mol. The zero-order valence-electron chi connectivity index (χ0n) is 10.9. The molecular formula is C15H11ClFN3O. The van der Waals surface area contributed by atoms with Gasteiger partial charge < -0.3 is 11.1 Å². The smallest absolute Gasteiger partial charge is 0.274 e. The second kappa shape index (κ2) is 6.84. The minimum atomic E-state index is -0.682. The number of nitrogens with zero attached hydrogens (tertiary/aromatic N) is 1. The first-order valence-corrected chi connectivity index (χ1v) is 6.40. The molecule has 0 bridgehead atoms. The van der Waals surface area contributed by atoms with Crippen molar-refractivity contribution < 1.29 is 9.18 Å². The first kappa shape index (κ1) is 15.0. The Morgan fingerprint density at radius 3 is 2.86 bits per heavy atom. The van der Waals surface area contributed by atoms with Crippen molar-refractivity contribution in [1.29, 1.82) is 0 Å². The number of benzene rings is 1. The maximum atomic E-state index is 13.7. The van der Waals surface area contributed by atoms with Crippen molar-refractivity contribution in [2.24, 2.45) is 5.73 Å². The third kappa shape index (κ3) is 3.78. The summed E-state index contributed by atoms with van der Waals surface area (Å²) >= 11 is 5.65. The number of rotatable bonds is 2. The molecule has 0 radical (unpaired) electrons. The van der Waals surface area contributed by atoms with Crippen LogP contribution in [0.1, 0.15) is 16.1 Å². The highest BCUT2D eigenvalue weighted by Gasteiger charge is 2.12. The number of hydrogen-bond donors (Lipinski definition) is 2. The topological polar surface area (TPSA) is 68.0 Å². The summed E-state index contributed by atoms with van der Waals surface area (Å²) in [6.07, 6.45) is 1.45. The van der Waals surface area contributed by atoms with Gasteiger partial charge in [-0.05, 0) is 24.3 Å². The molecule has 1 amide bonds. The first-order valence-electron chi connectivity index (χ1n) is 6.02. The second-order valence-electron chi connectivity index (χ2n) is 3.99. The lowest BCUT2D eigenvalue weighted by molar-refractivity contribution is 0.102. The van der Waals surface area contributed by atoms with Gasteiger partial charge in [0.15, 0.2) is 5.82 Å². The Kier molecular flexibility index (Phi) is 4.88. The summed E-state index contributed by atoms with van der Waals surface area (Å²) in [4.78, 5) is 15.9. The summed E-state index contributed by atoms with van der Waals surface area (Å²) in [6.45, 7) is 0.246. The lowest BCUT2D eigenvalue weighted by Crippen LogP contribution is -2.14. The van der Waals surface area contributed by atoms with Crippen LogP contribution in [0.25, 0.3) is 0 Å². The molecule has 21 heavy (non-hydrogen) atoms. The molecule has 106 valence electrons. The van der Waals surface area contributed by atoms with Crippen LogP contribution >= 0.6 is 11.6 Å². The van der Waals surface area contributed by atoms with Gasteiger partial charge in [0.05, 0.1) is 17.3 Å². The number of pyridine rings is 1. The van der Waals surface area contributed by atoms with Crippen molar-refractivity contribution in [3.63, 3.8) is 0 Å². The van der Waals surface area contributed by atoms with Crippen molar-refractivity contribution in [2.75, 3.05) is 11.9 Å². The Balaban J connectivity index is 2.15. The largest absolute Gasteiger partial charge is 0.320 e. The molecule has 0 saturated heterocycles.